The zero-order chi connectivity index (χ0) is 12.8. The molecular weight excluding hydrogens is 235 g/mol. The topological polar surface area (TPSA) is 40.5 Å². The molecule has 17 heavy (non-hydrogen) atoms. The van der Waals surface area contributed by atoms with Gasteiger partial charge < -0.3 is 10.0 Å². The Kier molecular flexibility index (Phi) is 4.96. The fourth-order valence-electron chi connectivity index (χ4n) is 1.46. The van der Waals surface area contributed by atoms with Crippen LogP contribution >= 0.6 is 0 Å². The molecule has 1 rings (SSSR count). The molecule has 0 amide bonds. The summed E-state index contributed by atoms with van der Waals surface area (Å²) in [6.45, 7) is -1.01. The van der Waals surface area contributed by atoms with Crippen LogP contribution in [0.5, 0.6) is 0 Å². The van der Waals surface area contributed by atoms with Crippen molar-refractivity contribution < 1.29 is 23.1 Å². The van der Waals surface area contributed by atoms with Crippen LogP contribution in [0.1, 0.15) is 10.4 Å². The maximum atomic E-state index is 13.1. The summed E-state index contributed by atoms with van der Waals surface area (Å²) in [6.07, 6.45) is -2.17. The van der Waals surface area contributed by atoms with E-state index in [4.69, 9.17) is 5.11 Å². The minimum atomic E-state index is -2.61. The number of anilines is 1. The number of rotatable bonds is 6. The minimum Gasteiger partial charge on any atom is -0.395 e. The predicted molar refractivity (Wildman–Crippen MR) is 57.1 cm³/mol. The molecule has 0 saturated carbocycles. The van der Waals surface area contributed by atoms with Gasteiger partial charge in [0.25, 0.3) is 6.43 Å². The molecule has 94 valence electrons. The molecule has 1 aromatic carbocycles. The van der Waals surface area contributed by atoms with E-state index >= 15 is 0 Å². The highest BCUT2D eigenvalue weighted by atomic mass is 19.3. The molecule has 1 N–H and O–H groups in total. The number of aliphatic hydroxyl groups excluding tert-OH is 1. The quantitative estimate of drug-likeness (QED) is 0.778. The Morgan fingerprint density at radius 2 is 2.06 bits per heavy atom. The van der Waals surface area contributed by atoms with Crippen molar-refractivity contribution >= 4 is 12.0 Å². The van der Waals surface area contributed by atoms with Crippen LogP contribution in [-0.4, -0.2) is 37.5 Å². The van der Waals surface area contributed by atoms with Crippen LogP contribution in [0.3, 0.4) is 0 Å². The summed E-state index contributed by atoms with van der Waals surface area (Å²) in [5.41, 5.74) is 0.221. The van der Waals surface area contributed by atoms with Gasteiger partial charge in [-0.1, -0.05) is 0 Å². The van der Waals surface area contributed by atoms with Gasteiger partial charge in [0, 0.05) is 17.8 Å². The number of aldehydes is 1. The van der Waals surface area contributed by atoms with Gasteiger partial charge in [0.1, 0.15) is 12.1 Å². The Bertz CT molecular complexity index is 385. The highest BCUT2D eigenvalue weighted by molar-refractivity contribution is 5.77. The lowest BCUT2D eigenvalue weighted by atomic mass is 10.2. The Morgan fingerprint density at radius 1 is 1.35 bits per heavy atom. The fraction of sp³-hybridized carbons (Fsp3) is 0.364. The summed E-state index contributed by atoms with van der Waals surface area (Å²) >= 11 is 0. The van der Waals surface area contributed by atoms with E-state index in [9.17, 15) is 18.0 Å². The summed E-state index contributed by atoms with van der Waals surface area (Å²) < 4.78 is 37.7. The third-order valence-corrected chi connectivity index (χ3v) is 2.13. The van der Waals surface area contributed by atoms with Crippen molar-refractivity contribution in [1.82, 2.24) is 0 Å². The van der Waals surface area contributed by atoms with Gasteiger partial charge in [0.05, 0.1) is 13.2 Å². The normalized spacial score (nSPS) is 10.6. The Balaban J connectivity index is 2.99. The smallest absolute Gasteiger partial charge is 0.255 e. The second-order valence-corrected chi connectivity index (χ2v) is 3.42. The summed E-state index contributed by atoms with van der Waals surface area (Å²) in [6, 6.07) is 3.36. The first-order chi connectivity index (χ1) is 8.06. The molecule has 0 fully saturated rings. The van der Waals surface area contributed by atoms with E-state index in [-0.39, 0.29) is 24.4 Å². The Hall–Kier alpha value is -1.56. The van der Waals surface area contributed by atoms with Crippen LogP contribution in [0.2, 0.25) is 0 Å². The first kappa shape index (κ1) is 13.5. The third-order valence-electron chi connectivity index (χ3n) is 2.13. The summed E-state index contributed by atoms with van der Waals surface area (Å²) in [5, 5.41) is 8.76. The van der Waals surface area contributed by atoms with Crippen LogP contribution in [0.15, 0.2) is 18.2 Å². The summed E-state index contributed by atoms with van der Waals surface area (Å²) in [4.78, 5) is 11.7. The monoisotopic (exact) mass is 247 g/mol. The third kappa shape index (κ3) is 4.07. The molecule has 0 aliphatic heterocycles. The average molecular weight is 247 g/mol. The van der Waals surface area contributed by atoms with Gasteiger partial charge in [-0.15, -0.1) is 0 Å². The molecule has 3 nitrogen and oxygen atoms in total. The molecule has 0 saturated heterocycles. The van der Waals surface area contributed by atoms with Crippen LogP contribution < -0.4 is 4.90 Å². The Labute approximate surface area is 96.5 Å². The maximum absolute atomic E-state index is 13.1. The zero-order valence-corrected chi connectivity index (χ0v) is 8.94. The van der Waals surface area contributed by atoms with E-state index in [1.807, 2.05) is 0 Å². The molecular formula is C11H12F3NO2. The van der Waals surface area contributed by atoms with Crippen molar-refractivity contribution in [3.05, 3.63) is 29.6 Å². The molecule has 0 aromatic heterocycles. The van der Waals surface area contributed by atoms with Gasteiger partial charge in [-0.05, 0) is 18.2 Å². The molecule has 0 aliphatic carbocycles. The van der Waals surface area contributed by atoms with E-state index in [1.165, 1.54) is 6.07 Å². The molecule has 0 radical (unpaired) electrons. The summed E-state index contributed by atoms with van der Waals surface area (Å²) in [7, 11) is 0. The standard InChI is InChI=1S/C11H12F3NO2/c12-9-3-8(7-17)4-10(5-9)15(1-2-16)6-11(13)14/h3-5,7,11,16H,1-2,6H2. The molecule has 0 spiro atoms. The number of alkyl halides is 2. The number of nitrogens with zero attached hydrogens (tertiary/aromatic N) is 1. The average Bonchev–Trinajstić information content (AvgIpc) is 2.27. The van der Waals surface area contributed by atoms with Gasteiger partial charge >= 0.3 is 0 Å². The maximum Gasteiger partial charge on any atom is 0.255 e. The van der Waals surface area contributed by atoms with Gasteiger partial charge in [0.2, 0.25) is 0 Å². The largest absolute Gasteiger partial charge is 0.395 e. The molecule has 0 heterocycles. The van der Waals surface area contributed by atoms with Crippen molar-refractivity contribution in [3.8, 4) is 0 Å². The summed E-state index contributed by atoms with van der Waals surface area (Å²) in [5.74, 6) is -0.679. The first-order valence-electron chi connectivity index (χ1n) is 4.96. The fourth-order valence-corrected chi connectivity index (χ4v) is 1.46. The van der Waals surface area contributed by atoms with Crippen molar-refractivity contribution in [1.29, 1.82) is 0 Å². The van der Waals surface area contributed by atoms with Crippen molar-refractivity contribution in [2.24, 2.45) is 0 Å². The van der Waals surface area contributed by atoms with E-state index in [0.29, 0.717) is 6.29 Å². The zero-order valence-electron chi connectivity index (χ0n) is 8.94. The number of carbonyl (C=O) groups excluding carboxylic acids is 1. The minimum absolute atomic E-state index is 0.0495. The molecule has 6 heteroatoms. The van der Waals surface area contributed by atoms with E-state index in [1.54, 1.807) is 0 Å². The van der Waals surface area contributed by atoms with E-state index in [0.717, 1.165) is 17.0 Å². The number of aliphatic hydroxyl groups is 1. The number of hydrogen-bond acceptors (Lipinski definition) is 3. The second kappa shape index (κ2) is 6.24. The number of carbonyl (C=O) groups is 1. The first-order valence-corrected chi connectivity index (χ1v) is 4.96. The number of hydrogen-bond donors (Lipinski definition) is 1. The van der Waals surface area contributed by atoms with E-state index in [2.05, 4.69) is 0 Å². The van der Waals surface area contributed by atoms with Gasteiger partial charge in [-0.25, -0.2) is 13.2 Å². The van der Waals surface area contributed by atoms with Crippen LogP contribution in [0.25, 0.3) is 0 Å². The van der Waals surface area contributed by atoms with E-state index < -0.39 is 18.8 Å². The molecule has 0 aliphatic rings. The molecule has 0 bridgehead atoms. The molecule has 0 atom stereocenters. The molecule has 1 aromatic rings. The van der Waals surface area contributed by atoms with Crippen molar-refractivity contribution in [2.75, 3.05) is 24.6 Å². The van der Waals surface area contributed by atoms with Crippen molar-refractivity contribution in [2.45, 2.75) is 6.43 Å². The van der Waals surface area contributed by atoms with Crippen LogP contribution in [0.4, 0.5) is 18.9 Å². The van der Waals surface area contributed by atoms with Crippen LogP contribution in [-0.2, 0) is 0 Å². The highest BCUT2D eigenvalue weighted by Crippen LogP contribution is 2.18. The lowest BCUT2D eigenvalue weighted by Crippen LogP contribution is -2.31. The van der Waals surface area contributed by atoms with Gasteiger partial charge in [-0.3, -0.25) is 4.79 Å². The van der Waals surface area contributed by atoms with Crippen molar-refractivity contribution in [3.63, 3.8) is 0 Å². The lowest BCUT2D eigenvalue weighted by Gasteiger charge is -2.23. The molecule has 0 unspecified atom stereocenters. The number of benzene rings is 1. The van der Waals surface area contributed by atoms with Crippen LogP contribution in [0, 0.1) is 5.82 Å². The van der Waals surface area contributed by atoms with Gasteiger partial charge in [-0.2, -0.15) is 0 Å². The number of halogens is 3. The predicted octanol–water partition coefficient (Wildman–Crippen LogP) is 1.70. The van der Waals surface area contributed by atoms with Gasteiger partial charge in [0.15, 0.2) is 0 Å². The Morgan fingerprint density at radius 3 is 2.59 bits per heavy atom. The highest BCUT2D eigenvalue weighted by Gasteiger charge is 2.13. The SMILES string of the molecule is O=Cc1cc(F)cc(N(CCO)CC(F)F)c1. The second-order valence-electron chi connectivity index (χ2n) is 3.42. The lowest BCUT2D eigenvalue weighted by molar-refractivity contribution is 0.112.